The van der Waals surface area contributed by atoms with Gasteiger partial charge in [0.2, 0.25) is 0 Å². The number of rotatable bonds is 8. The molecule has 0 aliphatic rings. The van der Waals surface area contributed by atoms with Gasteiger partial charge < -0.3 is 19.7 Å². The van der Waals surface area contributed by atoms with Gasteiger partial charge in [-0.2, -0.15) is 0 Å². The molecule has 0 amide bonds. The van der Waals surface area contributed by atoms with E-state index in [1.807, 2.05) is 0 Å². The van der Waals surface area contributed by atoms with E-state index in [2.05, 4.69) is 24.3 Å². The maximum absolute atomic E-state index is 10.8. The largest absolute Gasteiger partial charge is 0.478 e. The van der Waals surface area contributed by atoms with Crippen LogP contribution in [0.5, 0.6) is 0 Å². The van der Waals surface area contributed by atoms with Crippen molar-refractivity contribution in [1.82, 2.24) is 10.2 Å². The zero-order chi connectivity index (χ0) is 13.5. The Morgan fingerprint density at radius 3 is 2.72 bits per heavy atom. The topological polar surface area (TPSA) is 65.7 Å². The molecule has 0 saturated carbocycles. The highest BCUT2D eigenvalue weighted by Gasteiger charge is 2.12. The fourth-order valence-corrected chi connectivity index (χ4v) is 1.73. The first-order valence-electron chi connectivity index (χ1n) is 6.18. The van der Waals surface area contributed by atoms with Gasteiger partial charge in [-0.25, -0.2) is 4.79 Å². The van der Waals surface area contributed by atoms with Crippen molar-refractivity contribution in [1.29, 1.82) is 0 Å². The second kappa shape index (κ2) is 7.18. The van der Waals surface area contributed by atoms with Gasteiger partial charge >= 0.3 is 5.97 Å². The molecule has 0 aliphatic heterocycles. The van der Waals surface area contributed by atoms with Gasteiger partial charge in [0.05, 0.1) is 6.54 Å². The van der Waals surface area contributed by atoms with E-state index in [0.717, 1.165) is 25.9 Å². The molecule has 0 fully saturated rings. The number of carboxylic acids is 1. The number of hydrogen-bond donors (Lipinski definition) is 2. The normalized spacial score (nSPS) is 11.1. The van der Waals surface area contributed by atoms with Gasteiger partial charge in [0.1, 0.15) is 17.1 Å². The number of nitrogens with zero attached hydrogens (tertiary/aromatic N) is 1. The van der Waals surface area contributed by atoms with Gasteiger partial charge in [-0.1, -0.05) is 0 Å². The Morgan fingerprint density at radius 2 is 2.17 bits per heavy atom. The summed E-state index contributed by atoms with van der Waals surface area (Å²) in [5, 5.41) is 12.1. The molecular weight excluding hydrogens is 232 g/mol. The first-order chi connectivity index (χ1) is 8.50. The zero-order valence-corrected chi connectivity index (χ0v) is 11.3. The highest BCUT2D eigenvalue weighted by Crippen LogP contribution is 2.14. The molecule has 0 bridgehead atoms. The average Bonchev–Trinajstić information content (AvgIpc) is 2.64. The SMILES string of the molecule is Cc1oc(CNCCCCN(C)C)cc1C(=O)O. The van der Waals surface area contributed by atoms with Crippen molar-refractivity contribution >= 4 is 5.97 Å². The van der Waals surface area contributed by atoms with Crippen LogP contribution in [-0.4, -0.2) is 43.2 Å². The number of carboxylic acid groups (broad SMARTS) is 1. The van der Waals surface area contributed by atoms with Gasteiger partial charge in [0.25, 0.3) is 0 Å². The van der Waals surface area contributed by atoms with Crippen LogP contribution in [0.1, 0.15) is 34.7 Å². The summed E-state index contributed by atoms with van der Waals surface area (Å²) in [6.07, 6.45) is 2.25. The predicted octanol–water partition coefficient (Wildman–Crippen LogP) is 1.72. The van der Waals surface area contributed by atoms with E-state index in [0.29, 0.717) is 18.1 Å². The number of furan rings is 1. The Hall–Kier alpha value is -1.33. The van der Waals surface area contributed by atoms with Gasteiger partial charge in [-0.05, 0) is 53.0 Å². The Kier molecular flexibility index (Phi) is 5.88. The molecule has 0 aliphatic carbocycles. The highest BCUT2D eigenvalue weighted by atomic mass is 16.4. The molecule has 0 spiro atoms. The second-order valence-electron chi connectivity index (χ2n) is 4.67. The van der Waals surface area contributed by atoms with Crippen LogP contribution < -0.4 is 5.32 Å². The molecule has 102 valence electrons. The first-order valence-corrected chi connectivity index (χ1v) is 6.18. The van der Waals surface area contributed by atoms with Crippen LogP contribution in [-0.2, 0) is 6.54 Å². The van der Waals surface area contributed by atoms with Gasteiger partial charge in [0, 0.05) is 0 Å². The van der Waals surface area contributed by atoms with Crippen LogP contribution in [0.15, 0.2) is 10.5 Å². The van der Waals surface area contributed by atoms with Crippen LogP contribution in [0.25, 0.3) is 0 Å². The first kappa shape index (κ1) is 14.7. The summed E-state index contributed by atoms with van der Waals surface area (Å²) >= 11 is 0. The standard InChI is InChI=1S/C13H22N2O3/c1-10-12(13(16)17)8-11(18-10)9-14-6-4-5-7-15(2)3/h8,14H,4-7,9H2,1-3H3,(H,16,17). The summed E-state index contributed by atoms with van der Waals surface area (Å²) in [6, 6.07) is 1.59. The van der Waals surface area contributed by atoms with Gasteiger partial charge in [0.15, 0.2) is 0 Å². The molecule has 0 saturated heterocycles. The molecule has 5 heteroatoms. The van der Waals surface area contributed by atoms with Crippen molar-refractivity contribution in [3.63, 3.8) is 0 Å². The van der Waals surface area contributed by atoms with Crippen LogP contribution in [0.2, 0.25) is 0 Å². The minimum atomic E-state index is -0.937. The van der Waals surface area contributed by atoms with Crippen LogP contribution in [0, 0.1) is 6.92 Å². The summed E-state index contributed by atoms with van der Waals surface area (Å²) in [6.45, 7) is 4.25. The van der Waals surface area contributed by atoms with Crippen molar-refractivity contribution in [2.24, 2.45) is 0 Å². The van der Waals surface area contributed by atoms with Crippen molar-refractivity contribution in [3.05, 3.63) is 23.2 Å². The van der Waals surface area contributed by atoms with Crippen molar-refractivity contribution in [2.75, 3.05) is 27.2 Å². The molecule has 0 unspecified atom stereocenters. The summed E-state index contributed by atoms with van der Waals surface area (Å²) in [5.74, 6) is 0.206. The number of aromatic carboxylic acids is 1. The van der Waals surface area contributed by atoms with Crippen molar-refractivity contribution in [2.45, 2.75) is 26.3 Å². The Balaban J connectivity index is 2.23. The quantitative estimate of drug-likeness (QED) is 0.691. The Bertz CT molecular complexity index is 386. The van der Waals surface area contributed by atoms with Gasteiger partial charge in [-0.3, -0.25) is 0 Å². The molecule has 2 N–H and O–H groups in total. The molecule has 18 heavy (non-hydrogen) atoms. The van der Waals surface area contributed by atoms with Crippen molar-refractivity contribution in [3.8, 4) is 0 Å². The predicted molar refractivity (Wildman–Crippen MR) is 69.9 cm³/mol. The summed E-state index contributed by atoms with van der Waals surface area (Å²) < 4.78 is 5.37. The maximum Gasteiger partial charge on any atom is 0.339 e. The van der Waals surface area contributed by atoms with E-state index in [1.54, 1.807) is 13.0 Å². The molecule has 1 rings (SSSR count). The van der Waals surface area contributed by atoms with Crippen LogP contribution in [0.4, 0.5) is 0 Å². The number of carbonyl (C=O) groups is 1. The highest BCUT2D eigenvalue weighted by molar-refractivity contribution is 5.88. The smallest absolute Gasteiger partial charge is 0.339 e. The number of unbranched alkanes of at least 4 members (excludes halogenated alkanes) is 1. The fourth-order valence-electron chi connectivity index (χ4n) is 1.73. The van der Waals surface area contributed by atoms with E-state index in [1.165, 1.54) is 0 Å². The maximum atomic E-state index is 10.8. The fraction of sp³-hybridized carbons (Fsp3) is 0.615. The molecule has 1 heterocycles. The van der Waals surface area contributed by atoms with Crippen LogP contribution in [0.3, 0.4) is 0 Å². The summed E-state index contributed by atoms with van der Waals surface area (Å²) in [4.78, 5) is 13.0. The third-order valence-electron chi connectivity index (χ3n) is 2.71. The van der Waals surface area contributed by atoms with E-state index in [9.17, 15) is 4.79 Å². The van der Waals surface area contributed by atoms with Gasteiger partial charge in [-0.15, -0.1) is 0 Å². The third-order valence-corrected chi connectivity index (χ3v) is 2.71. The minimum absolute atomic E-state index is 0.249. The third kappa shape index (κ3) is 4.89. The summed E-state index contributed by atoms with van der Waals surface area (Å²) in [5.41, 5.74) is 0.249. The van der Waals surface area contributed by atoms with E-state index in [-0.39, 0.29) is 5.56 Å². The Labute approximate surface area is 108 Å². The molecular formula is C13H22N2O3. The van der Waals surface area contributed by atoms with E-state index < -0.39 is 5.97 Å². The molecule has 5 nitrogen and oxygen atoms in total. The lowest BCUT2D eigenvalue weighted by molar-refractivity contribution is 0.0695. The number of aryl methyl sites for hydroxylation is 1. The van der Waals surface area contributed by atoms with E-state index in [4.69, 9.17) is 9.52 Å². The molecule has 1 aromatic rings. The molecule has 1 aromatic heterocycles. The van der Waals surface area contributed by atoms with Crippen molar-refractivity contribution < 1.29 is 14.3 Å². The molecule has 0 atom stereocenters. The zero-order valence-electron chi connectivity index (χ0n) is 11.3. The lowest BCUT2D eigenvalue weighted by atomic mass is 10.2. The average molecular weight is 254 g/mol. The van der Waals surface area contributed by atoms with E-state index >= 15 is 0 Å². The molecule has 0 radical (unpaired) electrons. The van der Waals surface area contributed by atoms with Crippen LogP contribution >= 0.6 is 0 Å². The summed E-state index contributed by atoms with van der Waals surface area (Å²) in [7, 11) is 4.12. The second-order valence-corrected chi connectivity index (χ2v) is 4.67. The Morgan fingerprint density at radius 1 is 1.44 bits per heavy atom. The monoisotopic (exact) mass is 254 g/mol. The number of nitrogens with one attached hydrogen (secondary N) is 1. The minimum Gasteiger partial charge on any atom is -0.478 e. The molecule has 0 aromatic carbocycles. The lowest BCUT2D eigenvalue weighted by Crippen LogP contribution is -2.17. The lowest BCUT2D eigenvalue weighted by Gasteiger charge is -2.08. The number of hydrogen-bond acceptors (Lipinski definition) is 4.